The summed E-state index contributed by atoms with van der Waals surface area (Å²) in [5.74, 6) is -5.64. The lowest BCUT2D eigenvalue weighted by Gasteiger charge is -2.32. The number of imidazole rings is 1. The zero-order chi connectivity index (χ0) is 31.5. The molecule has 2 aromatic heterocycles. The van der Waals surface area contributed by atoms with Gasteiger partial charge in [-0.05, 0) is 43.4 Å². The van der Waals surface area contributed by atoms with Gasteiger partial charge in [-0.25, -0.2) is 18.4 Å². The van der Waals surface area contributed by atoms with E-state index in [2.05, 4.69) is 30.3 Å². The minimum atomic E-state index is -4.46. The van der Waals surface area contributed by atoms with Crippen molar-refractivity contribution in [1.82, 2.24) is 30.3 Å². The predicted molar refractivity (Wildman–Crippen MR) is 137 cm³/mol. The summed E-state index contributed by atoms with van der Waals surface area (Å²) in [6, 6.07) is 4.24. The van der Waals surface area contributed by atoms with Gasteiger partial charge < -0.3 is 20.8 Å². The number of nitrogens with one attached hydrogen (secondary N) is 2. The average Bonchev–Trinajstić information content (AvgIpc) is 3.52. The summed E-state index contributed by atoms with van der Waals surface area (Å²) in [6.07, 6.45) is -7.14. The van der Waals surface area contributed by atoms with E-state index in [1.165, 1.54) is 0 Å². The lowest BCUT2D eigenvalue weighted by atomic mass is 9.76. The normalized spacial score (nSPS) is 17.3. The Labute approximate surface area is 240 Å². The van der Waals surface area contributed by atoms with Crippen molar-refractivity contribution in [3.63, 3.8) is 0 Å². The molecule has 0 spiro atoms. The number of ether oxygens (including phenoxy) is 1. The molecule has 17 heteroatoms. The monoisotopic (exact) mass is 621 g/mol. The first kappa shape index (κ1) is 32.2. The summed E-state index contributed by atoms with van der Waals surface area (Å²) < 4.78 is 95.8. The standard InChI is InChI=1S/C26H30F7N7O3/c1-13(35-18(41)6-9-26(31,32)33)15-2-3-16-17(12-15)37-23(36-16)19(14-4-7-25(29,30)8-5-14)20-21(22(34)42)40(39-38-20)10-11-43-24(27)28/h2-3,12-14,19,24H,4-11H2,1H3,(H2,34,42)(H,35,41)(H,36,37)/t13-,19+/m1/s1. The summed E-state index contributed by atoms with van der Waals surface area (Å²) in [7, 11) is 0. The number of aromatic nitrogens is 5. The molecule has 1 fully saturated rings. The average molecular weight is 622 g/mol. The van der Waals surface area contributed by atoms with Gasteiger partial charge in [0.25, 0.3) is 5.91 Å². The van der Waals surface area contributed by atoms with Crippen LogP contribution < -0.4 is 11.1 Å². The minimum absolute atomic E-state index is 0.0457. The number of nitrogens with two attached hydrogens (primary N) is 1. The van der Waals surface area contributed by atoms with Crippen LogP contribution in [0.25, 0.3) is 11.0 Å². The van der Waals surface area contributed by atoms with Crippen LogP contribution in [0.15, 0.2) is 18.2 Å². The summed E-state index contributed by atoms with van der Waals surface area (Å²) in [5, 5.41) is 10.5. The number of halogens is 7. The number of benzene rings is 1. The van der Waals surface area contributed by atoms with E-state index < -0.39 is 80.7 Å². The van der Waals surface area contributed by atoms with E-state index in [1.807, 2.05) is 0 Å². The first-order chi connectivity index (χ1) is 20.1. The molecule has 0 saturated heterocycles. The molecule has 43 heavy (non-hydrogen) atoms. The Balaban J connectivity index is 1.66. The molecular formula is C26H30F7N7O3. The maximum atomic E-state index is 14.1. The molecule has 2 atom stereocenters. The number of H-pyrrole nitrogens is 1. The van der Waals surface area contributed by atoms with Crippen LogP contribution in [-0.4, -0.2) is 62.1 Å². The van der Waals surface area contributed by atoms with E-state index >= 15 is 0 Å². The Morgan fingerprint density at radius 2 is 1.93 bits per heavy atom. The number of amides is 2. The number of rotatable bonds is 12. The van der Waals surface area contributed by atoms with Crippen LogP contribution in [0.1, 0.15) is 85.0 Å². The highest BCUT2D eigenvalue weighted by atomic mass is 19.4. The highest BCUT2D eigenvalue weighted by Crippen LogP contribution is 2.45. The Morgan fingerprint density at radius 1 is 1.23 bits per heavy atom. The molecule has 0 bridgehead atoms. The molecule has 10 nitrogen and oxygen atoms in total. The number of nitrogens with zero attached hydrogens (tertiary/aromatic N) is 4. The van der Waals surface area contributed by atoms with E-state index in [0.29, 0.717) is 16.6 Å². The maximum Gasteiger partial charge on any atom is 0.389 e. The molecule has 1 aliphatic rings. The number of hydrogen-bond acceptors (Lipinski definition) is 6. The molecule has 1 aromatic carbocycles. The molecule has 2 heterocycles. The largest absolute Gasteiger partial charge is 0.389 e. The number of hydrogen-bond donors (Lipinski definition) is 3. The SMILES string of the molecule is C[C@@H](NC(=O)CCC(F)(F)F)c1ccc2nc([C@H](c3nnn(CCOC(F)F)c3C(N)=O)C3CCC(F)(F)CC3)[nH]c2c1. The zero-order valence-corrected chi connectivity index (χ0v) is 22.9. The van der Waals surface area contributed by atoms with Crippen molar-refractivity contribution in [3.05, 3.63) is 41.0 Å². The fourth-order valence-electron chi connectivity index (χ4n) is 5.26. The molecule has 1 saturated carbocycles. The van der Waals surface area contributed by atoms with E-state index in [-0.39, 0.29) is 36.6 Å². The lowest BCUT2D eigenvalue weighted by molar-refractivity contribution is -0.144. The molecule has 4 N–H and O–H groups in total. The highest BCUT2D eigenvalue weighted by Gasteiger charge is 2.42. The van der Waals surface area contributed by atoms with Crippen LogP contribution >= 0.6 is 0 Å². The van der Waals surface area contributed by atoms with Crippen molar-refractivity contribution in [1.29, 1.82) is 0 Å². The van der Waals surface area contributed by atoms with Crippen LogP contribution in [-0.2, 0) is 16.1 Å². The summed E-state index contributed by atoms with van der Waals surface area (Å²) >= 11 is 0. The van der Waals surface area contributed by atoms with Crippen LogP contribution in [0.3, 0.4) is 0 Å². The Morgan fingerprint density at radius 3 is 2.56 bits per heavy atom. The van der Waals surface area contributed by atoms with E-state index in [1.54, 1.807) is 25.1 Å². The summed E-state index contributed by atoms with van der Waals surface area (Å²) in [6.45, 7) is -2.22. The van der Waals surface area contributed by atoms with Gasteiger partial charge in [0.15, 0.2) is 0 Å². The predicted octanol–water partition coefficient (Wildman–Crippen LogP) is 4.97. The molecule has 236 valence electrons. The van der Waals surface area contributed by atoms with Crippen molar-refractivity contribution in [3.8, 4) is 0 Å². The van der Waals surface area contributed by atoms with Gasteiger partial charge in [0, 0.05) is 19.3 Å². The van der Waals surface area contributed by atoms with Crippen molar-refractivity contribution < 1.29 is 45.1 Å². The molecule has 2 amide bonds. The highest BCUT2D eigenvalue weighted by molar-refractivity contribution is 5.92. The Bertz CT molecular complexity index is 1430. The quantitative estimate of drug-likeness (QED) is 0.244. The van der Waals surface area contributed by atoms with E-state index in [0.717, 1.165) is 4.68 Å². The second-order valence-electron chi connectivity index (χ2n) is 10.5. The van der Waals surface area contributed by atoms with Crippen molar-refractivity contribution in [2.75, 3.05) is 6.61 Å². The Kier molecular flexibility index (Phi) is 9.61. The number of primary amides is 1. The van der Waals surface area contributed by atoms with Gasteiger partial charge >= 0.3 is 12.8 Å². The fourth-order valence-corrected chi connectivity index (χ4v) is 5.26. The van der Waals surface area contributed by atoms with Gasteiger partial charge in [-0.2, -0.15) is 22.0 Å². The molecule has 0 aliphatic heterocycles. The fraction of sp³-hybridized carbons (Fsp3) is 0.577. The molecule has 0 unspecified atom stereocenters. The second-order valence-corrected chi connectivity index (χ2v) is 10.5. The van der Waals surface area contributed by atoms with Gasteiger partial charge in [-0.3, -0.25) is 9.59 Å². The zero-order valence-electron chi connectivity index (χ0n) is 22.9. The van der Waals surface area contributed by atoms with Gasteiger partial charge in [-0.15, -0.1) is 5.10 Å². The third-order valence-electron chi connectivity index (χ3n) is 7.40. The van der Waals surface area contributed by atoms with Gasteiger partial charge in [0.1, 0.15) is 17.2 Å². The third kappa shape index (κ3) is 8.20. The summed E-state index contributed by atoms with van der Waals surface area (Å²) in [5.41, 5.74) is 6.93. The molecule has 0 radical (unpaired) electrons. The number of aromatic amines is 1. The minimum Gasteiger partial charge on any atom is -0.364 e. The lowest BCUT2D eigenvalue weighted by Crippen LogP contribution is -2.30. The van der Waals surface area contributed by atoms with Crippen molar-refractivity contribution >= 4 is 22.8 Å². The van der Waals surface area contributed by atoms with Crippen LogP contribution in [0.2, 0.25) is 0 Å². The maximum absolute atomic E-state index is 14.1. The van der Waals surface area contributed by atoms with E-state index in [9.17, 15) is 40.3 Å². The third-order valence-corrected chi connectivity index (χ3v) is 7.40. The smallest absolute Gasteiger partial charge is 0.364 e. The number of fused-ring (bicyclic) bond motifs is 1. The molecule has 3 aromatic rings. The van der Waals surface area contributed by atoms with Crippen LogP contribution in [0, 0.1) is 5.92 Å². The van der Waals surface area contributed by atoms with Crippen LogP contribution in [0.4, 0.5) is 30.7 Å². The van der Waals surface area contributed by atoms with Gasteiger partial charge in [0.05, 0.1) is 42.6 Å². The summed E-state index contributed by atoms with van der Waals surface area (Å²) in [4.78, 5) is 32.2. The number of carbonyl (C=O) groups is 2. The van der Waals surface area contributed by atoms with Crippen LogP contribution in [0.5, 0.6) is 0 Å². The second kappa shape index (κ2) is 12.9. The van der Waals surface area contributed by atoms with Crippen molar-refractivity contribution in [2.24, 2.45) is 11.7 Å². The Hall–Kier alpha value is -3.76. The first-order valence-corrected chi connectivity index (χ1v) is 13.5. The first-order valence-electron chi connectivity index (χ1n) is 13.5. The van der Waals surface area contributed by atoms with E-state index in [4.69, 9.17) is 5.73 Å². The molecule has 4 rings (SSSR count). The molecular weight excluding hydrogens is 591 g/mol. The number of alkyl halides is 7. The topological polar surface area (TPSA) is 141 Å². The number of carbonyl (C=O) groups excluding carboxylic acids is 2. The van der Waals surface area contributed by atoms with Crippen molar-refractivity contribution in [2.45, 2.75) is 82.7 Å². The van der Waals surface area contributed by atoms with Gasteiger partial charge in [-0.1, -0.05) is 11.3 Å². The van der Waals surface area contributed by atoms with Gasteiger partial charge in [0.2, 0.25) is 11.8 Å². The molecule has 1 aliphatic carbocycles.